The lowest BCUT2D eigenvalue weighted by molar-refractivity contribution is 0.0377. The Bertz CT molecular complexity index is 202. The SMILES string of the molecule is CC(CC(=N)N)N(C)CC1CCCOC1. The highest BCUT2D eigenvalue weighted by molar-refractivity contribution is 5.77. The summed E-state index contributed by atoms with van der Waals surface area (Å²) in [4.78, 5) is 2.28. The number of nitrogens with one attached hydrogen (secondary N) is 1. The molecule has 0 spiro atoms. The van der Waals surface area contributed by atoms with Crippen LogP contribution in [0.5, 0.6) is 0 Å². The lowest BCUT2D eigenvalue weighted by Crippen LogP contribution is -2.38. The second-order valence-electron chi connectivity index (χ2n) is 4.60. The van der Waals surface area contributed by atoms with Gasteiger partial charge in [0.05, 0.1) is 12.4 Å². The minimum atomic E-state index is 0.272. The summed E-state index contributed by atoms with van der Waals surface area (Å²) in [5.74, 6) is 0.924. The van der Waals surface area contributed by atoms with Crippen LogP contribution in [0.25, 0.3) is 0 Å². The van der Waals surface area contributed by atoms with Crippen molar-refractivity contribution in [2.45, 2.75) is 32.2 Å². The Balaban J connectivity index is 2.26. The van der Waals surface area contributed by atoms with Gasteiger partial charge in [0.1, 0.15) is 0 Å². The van der Waals surface area contributed by atoms with Crippen LogP contribution < -0.4 is 5.73 Å². The number of hydrogen-bond acceptors (Lipinski definition) is 3. The van der Waals surface area contributed by atoms with E-state index in [1.807, 2.05) is 0 Å². The van der Waals surface area contributed by atoms with E-state index in [1.165, 1.54) is 12.8 Å². The van der Waals surface area contributed by atoms with Gasteiger partial charge >= 0.3 is 0 Å². The maximum absolute atomic E-state index is 7.26. The molecule has 1 saturated heterocycles. The summed E-state index contributed by atoms with van der Waals surface area (Å²) in [5, 5.41) is 7.26. The fraction of sp³-hybridized carbons (Fsp3) is 0.909. The van der Waals surface area contributed by atoms with Crippen molar-refractivity contribution in [1.29, 1.82) is 5.41 Å². The lowest BCUT2D eigenvalue weighted by Gasteiger charge is -2.30. The predicted octanol–water partition coefficient (Wildman–Crippen LogP) is 1.06. The van der Waals surface area contributed by atoms with Gasteiger partial charge in [-0.15, -0.1) is 0 Å². The van der Waals surface area contributed by atoms with Gasteiger partial charge in [-0.05, 0) is 32.7 Å². The molecule has 0 saturated carbocycles. The first-order valence-electron chi connectivity index (χ1n) is 5.70. The quantitative estimate of drug-likeness (QED) is 0.530. The maximum atomic E-state index is 7.26. The number of amidine groups is 1. The molecular formula is C11H23N3O. The summed E-state index contributed by atoms with van der Waals surface area (Å²) in [5.41, 5.74) is 5.40. The molecule has 4 nitrogen and oxygen atoms in total. The zero-order valence-corrected chi connectivity index (χ0v) is 9.83. The molecular weight excluding hydrogens is 190 g/mol. The first kappa shape index (κ1) is 12.5. The van der Waals surface area contributed by atoms with Gasteiger partial charge in [-0.1, -0.05) is 0 Å². The van der Waals surface area contributed by atoms with E-state index in [-0.39, 0.29) is 5.84 Å². The van der Waals surface area contributed by atoms with Crippen molar-refractivity contribution in [3.05, 3.63) is 0 Å². The third kappa shape index (κ3) is 4.62. The number of ether oxygens (including phenoxy) is 1. The number of rotatable bonds is 5. The van der Waals surface area contributed by atoms with Crippen LogP contribution in [0.3, 0.4) is 0 Å². The molecule has 1 rings (SSSR count). The Morgan fingerprint density at radius 2 is 2.40 bits per heavy atom. The maximum Gasteiger partial charge on any atom is 0.0920 e. The molecule has 0 radical (unpaired) electrons. The molecule has 0 aromatic rings. The summed E-state index contributed by atoms with van der Waals surface area (Å²) in [6, 6.07) is 0.351. The van der Waals surface area contributed by atoms with E-state index in [0.29, 0.717) is 18.4 Å². The highest BCUT2D eigenvalue weighted by Gasteiger charge is 2.18. The van der Waals surface area contributed by atoms with Gasteiger partial charge in [0, 0.05) is 25.6 Å². The average molecular weight is 213 g/mol. The van der Waals surface area contributed by atoms with E-state index >= 15 is 0 Å². The number of hydrogen-bond donors (Lipinski definition) is 2. The smallest absolute Gasteiger partial charge is 0.0920 e. The van der Waals surface area contributed by atoms with Crippen LogP contribution in [0, 0.1) is 11.3 Å². The molecule has 1 aliphatic heterocycles. The molecule has 0 aromatic heterocycles. The van der Waals surface area contributed by atoms with Gasteiger partial charge < -0.3 is 15.4 Å². The van der Waals surface area contributed by atoms with E-state index in [9.17, 15) is 0 Å². The average Bonchev–Trinajstić information content (AvgIpc) is 2.18. The highest BCUT2D eigenvalue weighted by Crippen LogP contribution is 2.15. The molecule has 0 amide bonds. The summed E-state index contributed by atoms with van der Waals surface area (Å²) in [6.45, 7) is 4.97. The predicted molar refractivity (Wildman–Crippen MR) is 62.2 cm³/mol. The molecule has 3 N–H and O–H groups in total. The molecule has 15 heavy (non-hydrogen) atoms. The number of nitrogens with zero attached hydrogens (tertiary/aromatic N) is 1. The zero-order chi connectivity index (χ0) is 11.3. The van der Waals surface area contributed by atoms with Crippen LogP contribution in [0.4, 0.5) is 0 Å². The van der Waals surface area contributed by atoms with Crippen molar-refractivity contribution in [1.82, 2.24) is 4.90 Å². The molecule has 88 valence electrons. The Hall–Kier alpha value is -0.610. The van der Waals surface area contributed by atoms with Crippen LogP contribution in [0.15, 0.2) is 0 Å². The van der Waals surface area contributed by atoms with Crippen molar-refractivity contribution in [2.24, 2.45) is 11.7 Å². The van der Waals surface area contributed by atoms with Crippen molar-refractivity contribution in [3.8, 4) is 0 Å². The van der Waals surface area contributed by atoms with Crippen LogP contribution in [-0.2, 0) is 4.74 Å². The summed E-state index contributed by atoms with van der Waals surface area (Å²) >= 11 is 0. The molecule has 1 heterocycles. The van der Waals surface area contributed by atoms with Crippen LogP contribution in [-0.4, -0.2) is 43.6 Å². The lowest BCUT2D eigenvalue weighted by atomic mass is 10.0. The third-order valence-corrected chi connectivity index (χ3v) is 3.07. The molecule has 4 heteroatoms. The molecule has 0 aliphatic carbocycles. The van der Waals surface area contributed by atoms with Gasteiger partial charge in [0.2, 0.25) is 0 Å². The van der Waals surface area contributed by atoms with Gasteiger partial charge in [0.15, 0.2) is 0 Å². The second kappa shape index (κ2) is 6.08. The highest BCUT2D eigenvalue weighted by atomic mass is 16.5. The van der Waals surface area contributed by atoms with E-state index in [4.69, 9.17) is 15.9 Å². The first-order chi connectivity index (χ1) is 7.09. The third-order valence-electron chi connectivity index (χ3n) is 3.07. The fourth-order valence-corrected chi connectivity index (χ4v) is 2.01. The molecule has 2 atom stereocenters. The van der Waals surface area contributed by atoms with Crippen molar-refractivity contribution >= 4 is 5.84 Å². The van der Waals surface area contributed by atoms with Gasteiger partial charge in [-0.25, -0.2) is 0 Å². The van der Waals surface area contributed by atoms with Crippen molar-refractivity contribution < 1.29 is 4.74 Å². The number of nitrogens with two attached hydrogens (primary N) is 1. The van der Waals surface area contributed by atoms with Crippen molar-refractivity contribution in [3.63, 3.8) is 0 Å². The second-order valence-corrected chi connectivity index (χ2v) is 4.60. The Morgan fingerprint density at radius 3 is 2.93 bits per heavy atom. The van der Waals surface area contributed by atoms with E-state index < -0.39 is 0 Å². The minimum absolute atomic E-state index is 0.272. The largest absolute Gasteiger partial charge is 0.388 e. The minimum Gasteiger partial charge on any atom is -0.388 e. The molecule has 2 unspecified atom stereocenters. The standard InChI is InChI=1S/C11H23N3O/c1-9(6-11(12)13)14(2)7-10-4-3-5-15-8-10/h9-10H,3-8H2,1-2H3,(H3,12,13). The van der Waals surface area contributed by atoms with Crippen LogP contribution >= 0.6 is 0 Å². The van der Waals surface area contributed by atoms with E-state index in [1.54, 1.807) is 0 Å². The van der Waals surface area contributed by atoms with Gasteiger partial charge in [-0.2, -0.15) is 0 Å². The Morgan fingerprint density at radius 1 is 1.67 bits per heavy atom. The summed E-state index contributed by atoms with van der Waals surface area (Å²) in [7, 11) is 2.10. The topological polar surface area (TPSA) is 62.3 Å². The first-order valence-corrected chi connectivity index (χ1v) is 5.70. The monoisotopic (exact) mass is 213 g/mol. The summed E-state index contributed by atoms with van der Waals surface area (Å²) < 4.78 is 5.45. The fourth-order valence-electron chi connectivity index (χ4n) is 2.01. The molecule has 0 bridgehead atoms. The normalized spacial score (nSPS) is 24.1. The van der Waals surface area contributed by atoms with Crippen LogP contribution in [0.1, 0.15) is 26.2 Å². The Labute approximate surface area is 92.3 Å². The van der Waals surface area contributed by atoms with E-state index in [2.05, 4.69) is 18.9 Å². The van der Waals surface area contributed by atoms with E-state index in [0.717, 1.165) is 19.8 Å². The Kier molecular flexibility index (Phi) is 5.05. The molecule has 0 aromatic carbocycles. The van der Waals surface area contributed by atoms with Crippen molar-refractivity contribution in [2.75, 3.05) is 26.8 Å². The zero-order valence-electron chi connectivity index (χ0n) is 9.83. The summed E-state index contributed by atoms with van der Waals surface area (Å²) in [6.07, 6.45) is 3.10. The van der Waals surface area contributed by atoms with Crippen LogP contribution in [0.2, 0.25) is 0 Å². The molecule has 1 fully saturated rings. The van der Waals surface area contributed by atoms with Gasteiger partial charge in [-0.3, -0.25) is 5.41 Å². The molecule has 1 aliphatic rings. The van der Waals surface area contributed by atoms with Gasteiger partial charge in [0.25, 0.3) is 0 Å².